The third-order valence-electron chi connectivity index (χ3n) is 2.21. The summed E-state index contributed by atoms with van der Waals surface area (Å²) in [6.45, 7) is 8.48. The Morgan fingerprint density at radius 2 is 1.92 bits per heavy atom. The summed E-state index contributed by atoms with van der Waals surface area (Å²) in [5.74, 6) is 0.159. The van der Waals surface area contributed by atoms with E-state index in [0.717, 1.165) is 25.9 Å². The Balaban J connectivity index is 0.000000424. The molecule has 1 aliphatic rings. The van der Waals surface area contributed by atoms with E-state index >= 15 is 0 Å². The monoisotopic (exact) mass is 186 g/mol. The zero-order valence-corrected chi connectivity index (χ0v) is 9.35. The summed E-state index contributed by atoms with van der Waals surface area (Å²) in [5.41, 5.74) is -0.460. The van der Waals surface area contributed by atoms with E-state index in [0.29, 0.717) is 0 Å². The minimum atomic E-state index is -0.460. The zero-order valence-electron chi connectivity index (χ0n) is 9.35. The van der Waals surface area contributed by atoms with Crippen LogP contribution in [0.2, 0.25) is 0 Å². The lowest BCUT2D eigenvalue weighted by Gasteiger charge is -2.31. The topological polar surface area (TPSA) is 26.3 Å². The van der Waals surface area contributed by atoms with E-state index < -0.39 is 5.60 Å². The van der Waals surface area contributed by atoms with Crippen LogP contribution < -0.4 is 0 Å². The number of ketones is 1. The molecule has 2 nitrogen and oxygen atoms in total. The summed E-state index contributed by atoms with van der Waals surface area (Å²) in [6.07, 6.45) is 4.36. The molecule has 13 heavy (non-hydrogen) atoms. The molecule has 0 amide bonds. The van der Waals surface area contributed by atoms with Gasteiger partial charge in [-0.1, -0.05) is 20.3 Å². The van der Waals surface area contributed by atoms with Crippen LogP contribution in [0.25, 0.3) is 0 Å². The number of rotatable bonds is 1. The van der Waals surface area contributed by atoms with Gasteiger partial charge in [0.25, 0.3) is 0 Å². The Morgan fingerprint density at radius 1 is 1.38 bits per heavy atom. The summed E-state index contributed by atoms with van der Waals surface area (Å²) in [4.78, 5) is 11.0. The highest BCUT2D eigenvalue weighted by atomic mass is 16.5. The number of hydrogen-bond acceptors (Lipinski definition) is 2. The van der Waals surface area contributed by atoms with Crippen molar-refractivity contribution in [1.82, 2.24) is 0 Å². The first-order valence-electron chi connectivity index (χ1n) is 5.21. The van der Waals surface area contributed by atoms with Crippen LogP contribution in [0.3, 0.4) is 0 Å². The highest BCUT2D eigenvalue weighted by Gasteiger charge is 2.32. The highest BCUT2D eigenvalue weighted by Crippen LogP contribution is 2.24. The molecule has 1 heterocycles. The summed E-state index contributed by atoms with van der Waals surface area (Å²) < 4.78 is 5.38. The van der Waals surface area contributed by atoms with E-state index in [2.05, 4.69) is 13.8 Å². The number of carbonyl (C=O) groups is 1. The van der Waals surface area contributed by atoms with Crippen molar-refractivity contribution < 1.29 is 9.53 Å². The largest absolute Gasteiger partial charge is 0.368 e. The van der Waals surface area contributed by atoms with E-state index in [1.165, 1.54) is 6.42 Å². The molecule has 2 heteroatoms. The van der Waals surface area contributed by atoms with Gasteiger partial charge in [-0.15, -0.1) is 0 Å². The fraction of sp³-hybridized carbons (Fsp3) is 0.909. The van der Waals surface area contributed by atoms with Crippen molar-refractivity contribution in [2.75, 3.05) is 6.61 Å². The van der Waals surface area contributed by atoms with E-state index in [1.54, 1.807) is 6.92 Å². The van der Waals surface area contributed by atoms with Crippen molar-refractivity contribution >= 4 is 5.78 Å². The van der Waals surface area contributed by atoms with Gasteiger partial charge in [-0.2, -0.15) is 0 Å². The first-order valence-corrected chi connectivity index (χ1v) is 5.21. The van der Waals surface area contributed by atoms with Crippen molar-refractivity contribution in [3.05, 3.63) is 0 Å². The molecule has 78 valence electrons. The third kappa shape index (κ3) is 4.41. The molecule has 0 saturated carbocycles. The highest BCUT2D eigenvalue weighted by molar-refractivity contribution is 5.84. The molecule has 1 atom stereocenters. The van der Waals surface area contributed by atoms with Crippen LogP contribution in [0.4, 0.5) is 0 Å². The maximum Gasteiger partial charge on any atom is 0.161 e. The molecule has 0 aromatic carbocycles. The van der Waals surface area contributed by atoms with Crippen LogP contribution in [0.5, 0.6) is 0 Å². The van der Waals surface area contributed by atoms with Crippen LogP contribution in [-0.2, 0) is 9.53 Å². The van der Waals surface area contributed by atoms with Gasteiger partial charge in [0.1, 0.15) is 5.60 Å². The molecule has 0 radical (unpaired) electrons. The summed E-state index contributed by atoms with van der Waals surface area (Å²) in [6, 6.07) is 0. The first-order chi connectivity index (χ1) is 6.06. The van der Waals surface area contributed by atoms with E-state index in [4.69, 9.17) is 4.74 Å². The number of hydrogen-bond donors (Lipinski definition) is 0. The fourth-order valence-corrected chi connectivity index (χ4v) is 1.21. The molecular formula is C11H22O2. The van der Waals surface area contributed by atoms with E-state index in [1.807, 2.05) is 6.92 Å². The number of Topliss-reactive ketones (excluding diaryl/α,β-unsaturated/α-hetero) is 1. The Kier molecular flexibility index (Phi) is 5.97. The van der Waals surface area contributed by atoms with Crippen LogP contribution in [0, 0.1) is 0 Å². The molecule has 1 aliphatic heterocycles. The Hall–Kier alpha value is -0.370. The summed E-state index contributed by atoms with van der Waals surface area (Å²) in [5, 5.41) is 0. The van der Waals surface area contributed by atoms with Crippen LogP contribution >= 0.6 is 0 Å². The second-order valence-corrected chi connectivity index (χ2v) is 3.80. The standard InChI is InChI=1S/C8H14O2.C3H8/c1-7(9)8(2)5-3-4-6-10-8;1-3-2/h3-6H2,1-2H3;3H2,1-2H3/t8-;/m1./s1. The smallest absolute Gasteiger partial charge is 0.161 e. The SMILES string of the molecule is CC(=O)[C@@]1(C)CCCCO1.CCC. The molecular weight excluding hydrogens is 164 g/mol. The molecule has 1 rings (SSSR count). The average Bonchev–Trinajstić information content (AvgIpc) is 2.07. The molecule has 0 aromatic heterocycles. The Morgan fingerprint density at radius 3 is 2.15 bits per heavy atom. The molecule has 0 unspecified atom stereocenters. The quantitative estimate of drug-likeness (QED) is 0.629. The van der Waals surface area contributed by atoms with Crippen molar-refractivity contribution in [3.63, 3.8) is 0 Å². The third-order valence-corrected chi connectivity index (χ3v) is 2.21. The predicted octanol–water partition coefficient (Wildman–Crippen LogP) is 2.95. The lowest BCUT2D eigenvalue weighted by molar-refractivity contribution is -0.145. The second kappa shape index (κ2) is 6.14. The minimum Gasteiger partial charge on any atom is -0.368 e. The zero-order chi connectivity index (χ0) is 10.3. The maximum absolute atomic E-state index is 11.0. The number of carbonyl (C=O) groups excluding carboxylic acids is 1. The van der Waals surface area contributed by atoms with E-state index in [9.17, 15) is 4.79 Å². The fourth-order valence-electron chi connectivity index (χ4n) is 1.21. The van der Waals surface area contributed by atoms with Gasteiger partial charge in [0.2, 0.25) is 0 Å². The van der Waals surface area contributed by atoms with Gasteiger partial charge in [0.05, 0.1) is 0 Å². The normalized spacial score (nSPS) is 27.4. The molecule has 1 fully saturated rings. The van der Waals surface area contributed by atoms with Gasteiger partial charge in [-0.25, -0.2) is 0 Å². The second-order valence-electron chi connectivity index (χ2n) is 3.80. The predicted molar refractivity (Wildman–Crippen MR) is 54.9 cm³/mol. The van der Waals surface area contributed by atoms with E-state index in [-0.39, 0.29) is 5.78 Å². The average molecular weight is 186 g/mol. The van der Waals surface area contributed by atoms with Gasteiger partial charge in [-0.3, -0.25) is 4.79 Å². The van der Waals surface area contributed by atoms with Crippen molar-refractivity contribution in [1.29, 1.82) is 0 Å². The van der Waals surface area contributed by atoms with Crippen LogP contribution in [-0.4, -0.2) is 18.0 Å². The molecule has 0 spiro atoms. The van der Waals surface area contributed by atoms with Crippen molar-refractivity contribution in [2.24, 2.45) is 0 Å². The van der Waals surface area contributed by atoms with Gasteiger partial charge >= 0.3 is 0 Å². The Labute approximate surface area is 81.7 Å². The molecule has 0 N–H and O–H groups in total. The van der Waals surface area contributed by atoms with Gasteiger partial charge in [0, 0.05) is 6.61 Å². The Bertz CT molecular complexity index is 146. The summed E-state index contributed by atoms with van der Waals surface area (Å²) >= 11 is 0. The molecule has 0 aromatic rings. The van der Waals surface area contributed by atoms with Crippen molar-refractivity contribution in [2.45, 2.75) is 59.0 Å². The maximum atomic E-state index is 11.0. The minimum absolute atomic E-state index is 0.159. The lowest BCUT2D eigenvalue weighted by Crippen LogP contribution is -2.39. The first kappa shape index (κ1) is 12.6. The van der Waals surface area contributed by atoms with Crippen LogP contribution in [0.1, 0.15) is 53.4 Å². The summed E-state index contributed by atoms with van der Waals surface area (Å²) in [7, 11) is 0. The molecule has 1 saturated heterocycles. The van der Waals surface area contributed by atoms with Gasteiger partial charge in [0.15, 0.2) is 5.78 Å². The lowest BCUT2D eigenvalue weighted by atomic mass is 9.92. The van der Waals surface area contributed by atoms with Crippen molar-refractivity contribution in [3.8, 4) is 0 Å². The number of ether oxygens (including phenoxy) is 1. The van der Waals surface area contributed by atoms with Gasteiger partial charge in [-0.05, 0) is 33.1 Å². The van der Waals surface area contributed by atoms with Gasteiger partial charge < -0.3 is 4.74 Å². The molecule has 0 aliphatic carbocycles. The molecule has 0 bridgehead atoms. The van der Waals surface area contributed by atoms with Crippen LogP contribution in [0.15, 0.2) is 0 Å².